The zero-order chi connectivity index (χ0) is 26.6. The van der Waals surface area contributed by atoms with Gasteiger partial charge in [-0.05, 0) is 47.5 Å². The lowest BCUT2D eigenvalue weighted by Gasteiger charge is -2.34. The molecule has 0 spiro atoms. The number of hydrogen-bond acceptors (Lipinski definition) is 8. The summed E-state index contributed by atoms with van der Waals surface area (Å²) in [6.45, 7) is 0. The van der Waals surface area contributed by atoms with Crippen molar-refractivity contribution in [3.8, 4) is 17.2 Å². The van der Waals surface area contributed by atoms with Gasteiger partial charge in [-0.2, -0.15) is 5.10 Å². The molecule has 38 heavy (non-hydrogen) atoms. The summed E-state index contributed by atoms with van der Waals surface area (Å²) in [6.07, 6.45) is 1.68. The van der Waals surface area contributed by atoms with Crippen LogP contribution in [0.1, 0.15) is 27.5 Å². The number of rotatable bonds is 6. The van der Waals surface area contributed by atoms with Crippen molar-refractivity contribution in [1.82, 2.24) is 5.01 Å². The van der Waals surface area contributed by atoms with Gasteiger partial charge in [0, 0.05) is 11.6 Å². The molecule has 9 nitrogen and oxygen atoms in total. The molecule has 0 N–H and O–H groups in total. The Morgan fingerprint density at radius 3 is 2.21 bits per heavy atom. The van der Waals surface area contributed by atoms with E-state index in [1.54, 1.807) is 60.8 Å². The summed E-state index contributed by atoms with van der Waals surface area (Å²) >= 11 is 0. The second-order valence-electron chi connectivity index (χ2n) is 9.34. The Labute approximate surface area is 219 Å². The van der Waals surface area contributed by atoms with E-state index in [4.69, 9.17) is 14.2 Å². The number of methoxy groups -OCH3 is 3. The third kappa shape index (κ3) is 3.38. The first kappa shape index (κ1) is 23.7. The van der Waals surface area contributed by atoms with Crippen molar-refractivity contribution in [3.05, 3.63) is 83.4 Å². The van der Waals surface area contributed by atoms with Gasteiger partial charge in [0.15, 0.2) is 5.78 Å². The van der Waals surface area contributed by atoms with E-state index in [1.165, 1.54) is 14.2 Å². The molecule has 0 aromatic heterocycles. The first-order valence-electron chi connectivity index (χ1n) is 12.2. The van der Waals surface area contributed by atoms with Gasteiger partial charge in [-0.15, -0.1) is 0 Å². The van der Waals surface area contributed by atoms with Crippen molar-refractivity contribution < 1.29 is 28.6 Å². The number of Topliss-reactive ketones (excluding diaryl/α,β-unsaturated/α-hetero) is 1. The maximum Gasteiger partial charge on any atom is 0.240 e. The fraction of sp³-hybridized carbons (Fsp3) is 0.241. The number of anilines is 1. The molecule has 0 radical (unpaired) electrons. The van der Waals surface area contributed by atoms with Crippen LogP contribution in [0.25, 0.3) is 0 Å². The van der Waals surface area contributed by atoms with Crippen molar-refractivity contribution in [2.45, 2.75) is 12.1 Å². The molecular formula is C29H25N3O6. The fourth-order valence-corrected chi connectivity index (χ4v) is 5.80. The number of benzene rings is 3. The number of carbonyl (C=O) groups is 3. The van der Waals surface area contributed by atoms with Gasteiger partial charge in [-0.1, -0.05) is 24.3 Å². The maximum absolute atomic E-state index is 14.1. The molecule has 2 saturated heterocycles. The fourth-order valence-electron chi connectivity index (χ4n) is 5.80. The number of imide groups is 1. The molecule has 3 aliphatic heterocycles. The molecule has 192 valence electrons. The summed E-state index contributed by atoms with van der Waals surface area (Å²) in [7, 11) is 4.54. The Hall–Kier alpha value is -4.66. The highest BCUT2D eigenvalue weighted by Gasteiger charge is 2.65. The topological polar surface area (TPSA) is 97.7 Å². The molecule has 3 aromatic carbocycles. The number of nitrogens with zero attached hydrogens (tertiary/aromatic N) is 3. The molecule has 0 bridgehead atoms. The van der Waals surface area contributed by atoms with Crippen LogP contribution in [0.5, 0.6) is 17.2 Å². The van der Waals surface area contributed by atoms with Crippen LogP contribution >= 0.6 is 0 Å². The maximum atomic E-state index is 14.1. The third-order valence-electron chi connectivity index (χ3n) is 7.56. The number of ketones is 1. The van der Waals surface area contributed by atoms with E-state index in [9.17, 15) is 14.4 Å². The molecule has 0 aliphatic carbocycles. The van der Waals surface area contributed by atoms with Gasteiger partial charge in [0.1, 0.15) is 23.3 Å². The number of carbonyl (C=O) groups excluding carboxylic acids is 3. The zero-order valence-electron chi connectivity index (χ0n) is 21.0. The summed E-state index contributed by atoms with van der Waals surface area (Å²) in [6, 6.07) is 17.7. The largest absolute Gasteiger partial charge is 0.497 e. The number of fused-ring (bicyclic) bond motifs is 5. The van der Waals surface area contributed by atoms with Crippen LogP contribution in [0.15, 0.2) is 71.8 Å². The highest BCUT2D eigenvalue weighted by atomic mass is 16.5. The average Bonchev–Trinajstić information content (AvgIpc) is 3.44. The van der Waals surface area contributed by atoms with Crippen molar-refractivity contribution >= 4 is 29.5 Å². The lowest BCUT2D eigenvalue weighted by atomic mass is 9.83. The molecule has 6 rings (SSSR count). The minimum atomic E-state index is -0.964. The second-order valence-corrected chi connectivity index (χ2v) is 9.34. The summed E-state index contributed by atoms with van der Waals surface area (Å²) in [5, 5.41) is 6.24. The minimum absolute atomic E-state index is 0.286. The van der Waals surface area contributed by atoms with Gasteiger partial charge in [0.25, 0.3) is 0 Å². The van der Waals surface area contributed by atoms with Crippen LogP contribution in [0, 0.1) is 11.8 Å². The summed E-state index contributed by atoms with van der Waals surface area (Å²) < 4.78 is 16.0. The highest BCUT2D eigenvalue weighted by molar-refractivity contribution is 6.25. The minimum Gasteiger partial charge on any atom is -0.497 e. The standard InChI is InChI=1S/C29H25N3O6/c1-36-18-10-8-16(9-11-18)27(33)26-24-23(25-20-7-5-4-6-17(20)15-30-32(25)26)28(34)31(29(24)35)21-13-12-19(37-2)14-22(21)38-3/h4-15,23-26H,1-3H3. The first-order valence-corrected chi connectivity index (χ1v) is 12.2. The number of hydrogen-bond donors (Lipinski definition) is 0. The molecule has 2 fully saturated rings. The van der Waals surface area contributed by atoms with Crippen LogP contribution < -0.4 is 19.1 Å². The number of hydrazone groups is 1. The van der Waals surface area contributed by atoms with Gasteiger partial charge < -0.3 is 14.2 Å². The molecule has 4 unspecified atom stereocenters. The monoisotopic (exact) mass is 511 g/mol. The zero-order valence-corrected chi connectivity index (χ0v) is 21.0. The molecule has 3 aromatic rings. The normalized spacial score (nSPS) is 23.1. The van der Waals surface area contributed by atoms with Crippen molar-refractivity contribution in [2.24, 2.45) is 16.9 Å². The van der Waals surface area contributed by atoms with Crippen LogP contribution in [-0.4, -0.2) is 56.2 Å². The molecule has 3 heterocycles. The Bertz CT molecular complexity index is 1480. The van der Waals surface area contributed by atoms with Crippen LogP contribution in [-0.2, 0) is 9.59 Å². The molecular weight excluding hydrogens is 486 g/mol. The SMILES string of the molecule is COc1ccc(C(=O)C2C3C(=O)N(c4ccc(OC)cc4OC)C(=O)C3C3c4ccccc4C=NN23)cc1. The number of amides is 2. The van der Waals surface area contributed by atoms with Gasteiger partial charge >= 0.3 is 0 Å². The van der Waals surface area contributed by atoms with Gasteiger partial charge in [0.2, 0.25) is 11.8 Å². The van der Waals surface area contributed by atoms with Crippen LogP contribution in [0.2, 0.25) is 0 Å². The molecule has 9 heteroatoms. The van der Waals surface area contributed by atoms with Crippen LogP contribution in [0.4, 0.5) is 5.69 Å². The van der Waals surface area contributed by atoms with E-state index >= 15 is 0 Å². The average molecular weight is 512 g/mol. The number of ether oxygens (including phenoxy) is 3. The van der Waals surface area contributed by atoms with Crippen molar-refractivity contribution in [3.63, 3.8) is 0 Å². The smallest absolute Gasteiger partial charge is 0.240 e. The quantitative estimate of drug-likeness (QED) is 0.369. The molecule has 0 saturated carbocycles. The van der Waals surface area contributed by atoms with Gasteiger partial charge in [-0.3, -0.25) is 19.4 Å². The third-order valence-corrected chi connectivity index (χ3v) is 7.56. The Morgan fingerprint density at radius 1 is 0.816 bits per heavy atom. The molecule has 4 atom stereocenters. The Kier molecular flexibility index (Phi) is 5.63. The van der Waals surface area contributed by atoms with Crippen LogP contribution in [0.3, 0.4) is 0 Å². The van der Waals surface area contributed by atoms with E-state index < -0.39 is 35.7 Å². The van der Waals surface area contributed by atoms with Crippen molar-refractivity contribution in [2.75, 3.05) is 26.2 Å². The Balaban J connectivity index is 1.48. The van der Waals surface area contributed by atoms with E-state index in [1.807, 2.05) is 24.3 Å². The Morgan fingerprint density at radius 2 is 1.50 bits per heavy atom. The van der Waals surface area contributed by atoms with E-state index in [2.05, 4.69) is 5.10 Å². The van der Waals surface area contributed by atoms with E-state index in [0.717, 1.165) is 16.0 Å². The first-order chi connectivity index (χ1) is 18.5. The molecule has 2 amide bonds. The summed E-state index contributed by atoms with van der Waals surface area (Å²) in [5.74, 6) is -1.42. The van der Waals surface area contributed by atoms with Gasteiger partial charge in [-0.25, -0.2) is 4.90 Å². The summed E-state index contributed by atoms with van der Waals surface area (Å²) in [4.78, 5) is 43.3. The summed E-state index contributed by atoms with van der Waals surface area (Å²) in [5.41, 5.74) is 2.43. The van der Waals surface area contributed by atoms with Gasteiger partial charge in [0.05, 0.1) is 51.1 Å². The second kappa shape index (κ2) is 9.02. The van der Waals surface area contributed by atoms with Crippen molar-refractivity contribution in [1.29, 1.82) is 0 Å². The highest BCUT2D eigenvalue weighted by Crippen LogP contribution is 2.54. The lowest BCUT2D eigenvalue weighted by Crippen LogP contribution is -2.44. The van der Waals surface area contributed by atoms with E-state index in [-0.39, 0.29) is 5.78 Å². The van der Waals surface area contributed by atoms with E-state index in [0.29, 0.717) is 28.5 Å². The predicted octanol–water partition coefficient (Wildman–Crippen LogP) is 3.47. The predicted molar refractivity (Wildman–Crippen MR) is 139 cm³/mol. The molecule has 3 aliphatic rings. The lowest BCUT2D eigenvalue weighted by molar-refractivity contribution is -0.124.